The van der Waals surface area contributed by atoms with Gasteiger partial charge in [-0.3, -0.25) is 4.79 Å². The first-order valence-corrected chi connectivity index (χ1v) is 7.71. The van der Waals surface area contributed by atoms with Crippen molar-refractivity contribution in [3.05, 3.63) is 23.7 Å². The van der Waals surface area contributed by atoms with Crippen LogP contribution in [0.3, 0.4) is 0 Å². The first-order valence-electron chi connectivity index (χ1n) is 7.71. The highest BCUT2D eigenvalue weighted by molar-refractivity contribution is 5.73. The zero-order chi connectivity index (χ0) is 14.1. The Hall–Kier alpha value is -1.29. The summed E-state index contributed by atoms with van der Waals surface area (Å²) < 4.78 is 5.90. The van der Waals surface area contributed by atoms with Crippen LogP contribution in [-0.4, -0.2) is 29.9 Å². The van der Waals surface area contributed by atoms with E-state index in [1.54, 1.807) is 6.92 Å². The van der Waals surface area contributed by atoms with Crippen LogP contribution in [0, 0.1) is 5.92 Å². The summed E-state index contributed by atoms with van der Waals surface area (Å²) in [5.41, 5.74) is 0. The maximum atomic E-state index is 11.3. The minimum atomic E-state index is 0.192. The molecule has 1 saturated heterocycles. The number of carbonyl (C=O) groups excluding carboxylic acids is 1. The van der Waals surface area contributed by atoms with E-state index in [1.165, 1.54) is 6.42 Å². The number of furan rings is 1. The summed E-state index contributed by atoms with van der Waals surface area (Å²) >= 11 is 0. The van der Waals surface area contributed by atoms with Crippen LogP contribution in [-0.2, 0) is 11.3 Å². The van der Waals surface area contributed by atoms with Gasteiger partial charge in [0, 0.05) is 32.0 Å². The van der Waals surface area contributed by atoms with Crippen LogP contribution in [0.1, 0.15) is 50.5 Å². The van der Waals surface area contributed by atoms with Gasteiger partial charge in [-0.15, -0.1) is 0 Å². The maximum absolute atomic E-state index is 11.3. The number of nitrogens with zero attached hydrogens (tertiary/aromatic N) is 1. The Bertz CT molecular complexity index is 475. The third kappa shape index (κ3) is 3.06. The van der Waals surface area contributed by atoms with Crippen LogP contribution in [0.25, 0.3) is 0 Å². The molecule has 2 fully saturated rings. The quantitative estimate of drug-likeness (QED) is 0.919. The van der Waals surface area contributed by atoms with Crippen molar-refractivity contribution in [2.24, 2.45) is 5.92 Å². The molecule has 1 aromatic rings. The average Bonchev–Trinajstić information content (AvgIpc) is 3.00. The molecule has 1 N–H and O–H groups in total. The predicted octanol–water partition coefficient (Wildman–Crippen LogP) is 2.50. The van der Waals surface area contributed by atoms with Crippen LogP contribution in [0.2, 0.25) is 0 Å². The number of likely N-dealkylation sites (tertiary alicyclic amines) is 1. The fourth-order valence-electron chi connectivity index (χ4n) is 3.05. The Morgan fingerprint density at radius 3 is 2.70 bits per heavy atom. The van der Waals surface area contributed by atoms with E-state index in [9.17, 15) is 4.79 Å². The van der Waals surface area contributed by atoms with E-state index in [0.717, 1.165) is 49.9 Å². The van der Waals surface area contributed by atoms with Gasteiger partial charge in [-0.05, 0) is 37.3 Å². The molecule has 1 aromatic heterocycles. The number of carbonyl (C=O) groups is 1. The summed E-state index contributed by atoms with van der Waals surface area (Å²) in [5.74, 6) is 3.83. The topological polar surface area (TPSA) is 45.5 Å². The maximum Gasteiger partial charge on any atom is 0.219 e. The van der Waals surface area contributed by atoms with Gasteiger partial charge in [0.25, 0.3) is 0 Å². The van der Waals surface area contributed by atoms with E-state index < -0.39 is 0 Å². The van der Waals surface area contributed by atoms with E-state index in [1.807, 2.05) is 4.90 Å². The molecule has 0 bridgehead atoms. The van der Waals surface area contributed by atoms with Crippen LogP contribution >= 0.6 is 0 Å². The highest BCUT2D eigenvalue weighted by Gasteiger charge is 2.36. The molecular weight excluding hydrogens is 252 g/mol. The lowest BCUT2D eigenvalue weighted by Crippen LogP contribution is -2.43. The highest BCUT2D eigenvalue weighted by atomic mass is 16.3. The molecule has 2 atom stereocenters. The van der Waals surface area contributed by atoms with E-state index in [4.69, 9.17) is 4.42 Å². The summed E-state index contributed by atoms with van der Waals surface area (Å²) in [5, 5.41) is 3.55. The molecule has 1 aliphatic heterocycles. The van der Waals surface area contributed by atoms with Crippen molar-refractivity contribution >= 4 is 5.91 Å². The lowest BCUT2D eigenvalue weighted by atomic mass is 10.1. The second-order valence-corrected chi connectivity index (χ2v) is 6.28. The molecule has 1 amide bonds. The molecule has 0 radical (unpaired) electrons. The lowest BCUT2D eigenvalue weighted by Gasteiger charge is -2.31. The fraction of sp³-hybridized carbons (Fsp3) is 0.688. The summed E-state index contributed by atoms with van der Waals surface area (Å²) in [6, 6.07) is 4.72. The Morgan fingerprint density at radius 1 is 1.40 bits per heavy atom. The molecule has 0 aromatic carbocycles. The molecule has 2 heterocycles. The van der Waals surface area contributed by atoms with Gasteiger partial charge in [-0.2, -0.15) is 0 Å². The minimum Gasteiger partial charge on any atom is -0.464 e. The van der Waals surface area contributed by atoms with Gasteiger partial charge in [0.2, 0.25) is 5.91 Å². The van der Waals surface area contributed by atoms with Gasteiger partial charge in [0.05, 0.1) is 6.54 Å². The number of nitrogens with one attached hydrogen (secondary N) is 1. The van der Waals surface area contributed by atoms with E-state index >= 15 is 0 Å². The van der Waals surface area contributed by atoms with Gasteiger partial charge >= 0.3 is 0 Å². The number of amides is 1. The van der Waals surface area contributed by atoms with Gasteiger partial charge in [-0.1, -0.05) is 6.92 Å². The molecule has 20 heavy (non-hydrogen) atoms. The molecule has 3 rings (SSSR count). The Morgan fingerprint density at radius 2 is 2.10 bits per heavy atom. The molecule has 0 spiro atoms. The normalized spacial score (nSPS) is 26.8. The van der Waals surface area contributed by atoms with Gasteiger partial charge in [0.15, 0.2) is 0 Å². The van der Waals surface area contributed by atoms with Crippen molar-refractivity contribution in [3.8, 4) is 0 Å². The zero-order valence-corrected chi connectivity index (χ0v) is 12.4. The Labute approximate surface area is 120 Å². The summed E-state index contributed by atoms with van der Waals surface area (Å²) in [4.78, 5) is 13.2. The van der Waals surface area contributed by atoms with E-state index in [2.05, 4.69) is 24.4 Å². The van der Waals surface area contributed by atoms with Gasteiger partial charge in [0.1, 0.15) is 11.5 Å². The molecule has 1 saturated carbocycles. The van der Waals surface area contributed by atoms with Crippen LogP contribution in [0.15, 0.2) is 16.5 Å². The Kier molecular flexibility index (Phi) is 3.83. The number of piperidine rings is 1. The SMILES string of the molecule is CC(=O)N1CCC(NCc2ccc(C3CC3C)o2)CC1. The summed E-state index contributed by atoms with van der Waals surface area (Å²) in [6.45, 7) is 6.46. The molecule has 4 heteroatoms. The van der Waals surface area contributed by atoms with Crippen LogP contribution in [0.4, 0.5) is 0 Å². The second-order valence-electron chi connectivity index (χ2n) is 6.28. The molecule has 4 nitrogen and oxygen atoms in total. The van der Waals surface area contributed by atoms with Crippen LogP contribution < -0.4 is 5.32 Å². The molecule has 110 valence electrons. The summed E-state index contributed by atoms with van der Waals surface area (Å²) in [7, 11) is 0. The molecular formula is C16H24N2O2. The van der Waals surface area contributed by atoms with E-state index in [0.29, 0.717) is 12.0 Å². The standard InChI is InChI=1S/C16H24N2O2/c1-11-9-15(11)16-4-3-14(20-16)10-17-13-5-7-18(8-6-13)12(2)19/h3-4,11,13,15,17H,5-10H2,1-2H3. The van der Waals surface area contributed by atoms with Crippen molar-refractivity contribution in [2.75, 3.05) is 13.1 Å². The van der Waals surface area contributed by atoms with Crippen molar-refractivity contribution in [3.63, 3.8) is 0 Å². The largest absolute Gasteiger partial charge is 0.464 e. The fourth-order valence-corrected chi connectivity index (χ4v) is 3.05. The number of hydrogen-bond acceptors (Lipinski definition) is 3. The lowest BCUT2D eigenvalue weighted by molar-refractivity contribution is -0.129. The van der Waals surface area contributed by atoms with Crippen molar-refractivity contribution in [1.82, 2.24) is 10.2 Å². The predicted molar refractivity (Wildman–Crippen MR) is 77.3 cm³/mol. The first kappa shape index (κ1) is 13.7. The van der Waals surface area contributed by atoms with Crippen molar-refractivity contribution < 1.29 is 9.21 Å². The number of rotatable bonds is 4. The zero-order valence-electron chi connectivity index (χ0n) is 12.4. The monoisotopic (exact) mass is 276 g/mol. The molecule has 2 unspecified atom stereocenters. The Balaban J connectivity index is 1.43. The highest BCUT2D eigenvalue weighted by Crippen LogP contribution is 2.47. The minimum absolute atomic E-state index is 0.192. The summed E-state index contributed by atoms with van der Waals surface area (Å²) in [6.07, 6.45) is 3.34. The molecule has 2 aliphatic rings. The van der Waals surface area contributed by atoms with Gasteiger partial charge < -0.3 is 14.6 Å². The third-order valence-electron chi connectivity index (χ3n) is 4.66. The van der Waals surface area contributed by atoms with Gasteiger partial charge in [-0.25, -0.2) is 0 Å². The van der Waals surface area contributed by atoms with E-state index in [-0.39, 0.29) is 5.91 Å². The molecule has 1 aliphatic carbocycles. The van der Waals surface area contributed by atoms with Crippen molar-refractivity contribution in [2.45, 2.75) is 51.6 Å². The number of hydrogen-bond donors (Lipinski definition) is 1. The average molecular weight is 276 g/mol. The van der Waals surface area contributed by atoms with Crippen molar-refractivity contribution in [1.29, 1.82) is 0 Å². The smallest absolute Gasteiger partial charge is 0.219 e. The third-order valence-corrected chi connectivity index (χ3v) is 4.66. The second kappa shape index (κ2) is 5.60. The van der Waals surface area contributed by atoms with Crippen LogP contribution in [0.5, 0.6) is 0 Å². The first-order chi connectivity index (χ1) is 9.63.